The van der Waals surface area contributed by atoms with E-state index in [0.29, 0.717) is 12.5 Å². The van der Waals surface area contributed by atoms with Gasteiger partial charge in [-0.2, -0.15) is 0 Å². The molecule has 2 rings (SSSR count). The molecule has 0 saturated carbocycles. The van der Waals surface area contributed by atoms with Gasteiger partial charge < -0.3 is 20.7 Å². The van der Waals surface area contributed by atoms with Gasteiger partial charge in [-0.05, 0) is 41.8 Å². The van der Waals surface area contributed by atoms with E-state index >= 15 is 0 Å². The number of anilines is 1. The van der Waals surface area contributed by atoms with Crippen molar-refractivity contribution in [3.63, 3.8) is 0 Å². The zero-order valence-corrected chi connectivity index (χ0v) is 18.2. The number of amides is 1. The molecule has 2 aromatic rings. The summed E-state index contributed by atoms with van der Waals surface area (Å²) >= 11 is 0. The molecule has 6 nitrogen and oxygen atoms in total. The van der Waals surface area contributed by atoms with Crippen LogP contribution < -0.4 is 20.7 Å². The number of hydrogen-bond donors (Lipinski definition) is 3. The molecule has 0 aromatic heterocycles. The van der Waals surface area contributed by atoms with Gasteiger partial charge in [0.25, 0.3) is 0 Å². The molecule has 0 atom stereocenters. The maximum absolute atomic E-state index is 12.1. The summed E-state index contributed by atoms with van der Waals surface area (Å²) in [7, 11) is 3.31. The fourth-order valence-corrected chi connectivity index (χ4v) is 2.39. The molecule has 2 aromatic carbocycles. The monoisotopic (exact) mass is 482 g/mol. The summed E-state index contributed by atoms with van der Waals surface area (Å²) in [6, 6.07) is 15.6. The average Bonchev–Trinajstić information content (AvgIpc) is 2.68. The quantitative estimate of drug-likeness (QED) is 0.322. The summed E-state index contributed by atoms with van der Waals surface area (Å²) in [6.07, 6.45) is 0.934. The molecule has 0 saturated heterocycles. The number of benzene rings is 2. The highest BCUT2D eigenvalue weighted by Crippen LogP contribution is 2.11. The van der Waals surface area contributed by atoms with Crippen LogP contribution in [0.1, 0.15) is 18.1 Å². The van der Waals surface area contributed by atoms with Crippen LogP contribution in [0.5, 0.6) is 5.75 Å². The molecular weight excluding hydrogens is 455 g/mol. The Morgan fingerprint density at radius 2 is 1.81 bits per heavy atom. The van der Waals surface area contributed by atoms with Crippen LogP contribution in [-0.4, -0.2) is 32.6 Å². The van der Waals surface area contributed by atoms with E-state index < -0.39 is 0 Å². The molecule has 0 aliphatic carbocycles. The van der Waals surface area contributed by atoms with Crippen molar-refractivity contribution in [2.24, 2.45) is 4.99 Å². The highest BCUT2D eigenvalue weighted by molar-refractivity contribution is 14.0. The zero-order valence-electron chi connectivity index (χ0n) is 15.9. The molecule has 0 unspecified atom stereocenters. The minimum atomic E-state index is -0.120. The van der Waals surface area contributed by atoms with Gasteiger partial charge in [-0.15, -0.1) is 24.0 Å². The number of aryl methyl sites for hydroxylation is 1. The largest absolute Gasteiger partial charge is 0.497 e. The smallest absolute Gasteiger partial charge is 0.243 e. The van der Waals surface area contributed by atoms with E-state index in [1.54, 1.807) is 14.2 Å². The second kappa shape index (κ2) is 12.2. The molecular formula is C20H27IN4O2. The van der Waals surface area contributed by atoms with E-state index in [0.717, 1.165) is 23.4 Å². The van der Waals surface area contributed by atoms with Crippen LogP contribution in [0.4, 0.5) is 5.69 Å². The molecule has 3 N–H and O–H groups in total. The number of aliphatic imine (C=N–C) groups is 1. The maximum atomic E-state index is 12.1. The van der Waals surface area contributed by atoms with Crippen LogP contribution in [-0.2, 0) is 17.8 Å². The fourth-order valence-electron chi connectivity index (χ4n) is 2.39. The van der Waals surface area contributed by atoms with Crippen molar-refractivity contribution >= 4 is 41.5 Å². The van der Waals surface area contributed by atoms with Crippen molar-refractivity contribution in [1.29, 1.82) is 0 Å². The first kappa shape index (κ1) is 22.8. The maximum Gasteiger partial charge on any atom is 0.243 e. The Hall–Kier alpha value is -2.29. The van der Waals surface area contributed by atoms with Crippen molar-refractivity contribution in [2.45, 2.75) is 19.9 Å². The van der Waals surface area contributed by atoms with Gasteiger partial charge in [0.1, 0.15) is 5.75 Å². The van der Waals surface area contributed by atoms with Gasteiger partial charge in [0.05, 0.1) is 13.7 Å². The number of halogens is 1. The second-order valence-corrected chi connectivity index (χ2v) is 5.73. The Bertz CT molecular complexity index is 748. The van der Waals surface area contributed by atoms with E-state index in [2.05, 4.69) is 27.9 Å². The lowest BCUT2D eigenvalue weighted by Crippen LogP contribution is -2.41. The molecule has 1 amide bonds. The third-order valence-corrected chi connectivity index (χ3v) is 3.88. The first-order chi connectivity index (χ1) is 12.6. The lowest BCUT2D eigenvalue weighted by Gasteiger charge is -2.12. The second-order valence-electron chi connectivity index (χ2n) is 5.73. The standard InChI is InChI=1S/C20H26N4O2.HI/c1-4-15-6-5-7-17(12-15)24-19(25)14-23-20(21-2)22-13-16-8-10-18(26-3)11-9-16;/h5-12H,4,13-14H2,1-3H3,(H,24,25)(H2,21,22,23);1H. The van der Waals surface area contributed by atoms with Crippen LogP contribution in [0.2, 0.25) is 0 Å². The highest BCUT2D eigenvalue weighted by Gasteiger charge is 2.05. The van der Waals surface area contributed by atoms with Crippen molar-refractivity contribution in [2.75, 3.05) is 26.0 Å². The third kappa shape index (κ3) is 7.86. The Balaban J connectivity index is 0.00000364. The van der Waals surface area contributed by atoms with Gasteiger partial charge in [-0.1, -0.05) is 31.2 Å². The predicted octanol–water partition coefficient (Wildman–Crippen LogP) is 3.18. The summed E-state index contributed by atoms with van der Waals surface area (Å²) < 4.78 is 5.14. The summed E-state index contributed by atoms with van der Waals surface area (Å²) in [4.78, 5) is 16.2. The summed E-state index contributed by atoms with van der Waals surface area (Å²) in [5.41, 5.74) is 3.08. The van der Waals surface area contributed by atoms with Gasteiger partial charge >= 0.3 is 0 Å². The Morgan fingerprint density at radius 3 is 2.44 bits per heavy atom. The minimum absolute atomic E-state index is 0. The highest BCUT2D eigenvalue weighted by atomic mass is 127. The van der Waals surface area contributed by atoms with Gasteiger partial charge in [0.2, 0.25) is 5.91 Å². The number of nitrogens with one attached hydrogen (secondary N) is 3. The number of ether oxygens (including phenoxy) is 1. The van der Waals surface area contributed by atoms with Gasteiger partial charge in [-0.3, -0.25) is 9.79 Å². The molecule has 0 aliphatic heterocycles. The summed E-state index contributed by atoms with van der Waals surface area (Å²) in [5.74, 6) is 1.27. The lowest BCUT2D eigenvalue weighted by molar-refractivity contribution is -0.115. The van der Waals surface area contributed by atoms with Crippen molar-refractivity contribution in [3.8, 4) is 5.75 Å². The molecule has 7 heteroatoms. The van der Waals surface area contributed by atoms with Crippen LogP contribution in [0.3, 0.4) is 0 Å². The Kier molecular flexibility index (Phi) is 10.2. The van der Waals surface area contributed by atoms with Gasteiger partial charge in [0.15, 0.2) is 5.96 Å². The Labute approximate surface area is 177 Å². The topological polar surface area (TPSA) is 74.8 Å². The SMILES string of the molecule is CCc1cccc(NC(=O)CNC(=NC)NCc2ccc(OC)cc2)c1.I. The molecule has 146 valence electrons. The van der Waals surface area contributed by atoms with Crippen molar-refractivity contribution < 1.29 is 9.53 Å². The number of carbonyl (C=O) groups is 1. The van der Waals surface area contributed by atoms with Gasteiger partial charge in [0, 0.05) is 19.3 Å². The van der Waals surface area contributed by atoms with Crippen LogP contribution >= 0.6 is 24.0 Å². The molecule has 0 aliphatic rings. The van der Waals surface area contributed by atoms with Crippen LogP contribution in [0.15, 0.2) is 53.5 Å². The van der Waals surface area contributed by atoms with E-state index in [4.69, 9.17) is 4.74 Å². The number of hydrogen-bond acceptors (Lipinski definition) is 3. The molecule has 0 fully saturated rings. The lowest BCUT2D eigenvalue weighted by atomic mass is 10.1. The van der Waals surface area contributed by atoms with Crippen LogP contribution in [0.25, 0.3) is 0 Å². The average molecular weight is 482 g/mol. The van der Waals surface area contributed by atoms with Crippen LogP contribution in [0, 0.1) is 0 Å². The molecule has 0 bridgehead atoms. The first-order valence-electron chi connectivity index (χ1n) is 8.60. The third-order valence-electron chi connectivity index (χ3n) is 3.88. The van der Waals surface area contributed by atoms with Crippen molar-refractivity contribution in [3.05, 3.63) is 59.7 Å². The zero-order chi connectivity index (χ0) is 18.8. The van der Waals surface area contributed by atoms with E-state index in [1.165, 1.54) is 5.56 Å². The van der Waals surface area contributed by atoms with E-state index in [9.17, 15) is 4.79 Å². The number of carbonyl (C=O) groups excluding carboxylic acids is 1. The number of guanidine groups is 1. The van der Waals surface area contributed by atoms with E-state index in [-0.39, 0.29) is 36.4 Å². The van der Waals surface area contributed by atoms with E-state index in [1.807, 2.05) is 48.5 Å². The van der Waals surface area contributed by atoms with Crippen molar-refractivity contribution in [1.82, 2.24) is 10.6 Å². The molecule has 27 heavy (non-hydrogen) atoms. The molecule has 0 heterocycles. The minimum Gasteiger partial charge on any atom is -0.497 e. The summed E-state index contributed by atoms with van der Waals surface area (Å²) in [5, 5.41) is 9.08. The Morgan fingerprint density at radius 1 is 1.07 bits per heavy atom. The first-order valence-corrected chi connectivity index (χ1v) is 8.60. The number of rotatable bonds is 7. The predicted molar refractivity (Wildman–Crippen MR) is 121 cm³/mol. The summed E-state index contributed by atoms with van der Waals surface area (Å²) in [6.45, 7) is 2.82. The molecule has 0 radical (unpaired) electrons. The molecule has 0 spiro atoms. The number of nitrogens with zero attached hydrogens (tertiary/aromatic N) is 1. The van der Waals surface area contributed by atoms with Gasteiger partial charge in [-0.25, -0.2) is 0 Å². The number of methoxy groups -OCH3 is 1. The normalized spacial score (nSPS) is 10.6. The fraction of sp³-hybridized carbons (Fsp3) is 0.300.